The summed E-state index contributed by atoms with van der Waals surface area (Å²) in [6.45, 7) is -1.47. The van der Waals surface area contributed by atoms with Gasteiger partial charge >= 0.3 is 15.6 Å². The van der Waals surface area contributed by atoms with Crippen molar-refractivity contribution in [2.24, 2.45) is 11.8 Å². The van der Waals surface area contributed by atoms with Crippen LogP contribution < -0.4 is 11.3 Å². The van der Waals surface area contributed by atoms with Crippen molar-refractivity contribution in [1.82, 2.24) is 19.5 Å². The summed E-state index contributed by atoms with van der Waals surface area (Å²) in [5, 5.41) is 49.8. The fourth-order valence-corrected chi connectivity index (χ4v) is 7.37. The van der Waals surface area contributed by atoms with Crippen molar-refractivity contribution in [2.75, 3.05) is 18.9 Å². The number of rotatable bonds is 10. The summed E-state index contributed by atoms with van der Waals surface area (Å²) in [5.41, 5.74) is 5.21. The van der Waals surface area contributed by atoms with Crippen LogP contribution in [0.3, 0.4) is 0 Å². The SMILES string of the molecule is Nc1nc2c(ncn2[C@H]2CC[C@@H](COP(=O)(O)OP(=O)(O)OC3OC4(O)C3C(O)C(O)C4[C@@H](O)CO)O2)c(=O)[nH]1. The van der Waals surface area contributed by atoms with Crippen molar-refractivity contribution < 1.29 is 67.3 Å². The van der Waals surface area contributed by atoms with Gasteiger partial charge in [0.25, 0.3) is 5.56 Å². The number of anilines is 1. The summed E-state index contributed by atoms with van der Waals surface area (Å²) >= 11 is 0. The molecule has 11 atom stereocenters. The molecule has 22 heteroatoms. The zero-order chi connectivity index (χ0) is 29.2. The molecule has 10 N–H and O–H groups in total. The predicted octanol–water partition coefficient (Wildman–Crippen LogP) is -3.00. The Bertz CT molecular complexity index is 1420. The second kappa shape index (κ2) is 10.4. The molecule has 0 radical (unpaired) electrons. The quantitative estimate of drug-likeness (QED) is 0.120. The minimum atomic E-state index is -5.45. The smallest absolute Gasteiger partial charge is 0.394 e. The molecule has 224 valence electrons. The number of nitrogen functional groups attached to an aromatic ring is 1. The lowest BCUT2D eigenvalue weighted by Crippen LogP contribution is -2.64. The lowest BCUT2D eigenvalue weighted by molar-refractivity contribution is -0.427. The van der Waals surface area contributed by atoms with Crippen molar-refractivity contribution >= 4 is 32.8 Å². The molecule has 0 spiro atoms. The van der Waals surface area contributed by atoms with Gasteiger partial charge in [-0.15, -0.1) is 0 Å². The summed E-state index contributed by atoms with van der Waals surface area (Å²) in [7, 11) is -10.7. The number of fused-ring (bicyclic) bond motifs is 2. The van der Waals surface area contributed by atoms with Crippen LogP contribution in [0.2, 0.25) is 0 Å². The van der Waals surface area contributed by atoms with E-state index in [0.717, 1.165) is 0 Å². The molecule has 2 aromatic rings. The second-order valence-electron chi connectivity index (χ2n) is 9.51. The third kappa shape index (κ3) is 5.25. The predicted molar refractivity (Wildman–Crippen MR) is 125 cm³/mol. The van der Waals surface area contributed by atoms with Gasteiger partial charge in [0.05, 0.1) is 55.8 Å². The Morgan fingerprint density at radius 2 is 1.98 bits per heavy atom. The molecule has 5 rings (SSSR count). The average Bonchev–Trinajstić information content (AvgIpc) is 3.51. The van der Waals surface area contributed by atoms with Crippen LogP contribution in [0, 0.1) is 11.8 Å². The molecule has 0 bridgehead atoms. The number of ether oxygens (including phenoxy) is 2. The third-order valence-electron chi connectivity index (χ3n) is 6.95. The fourth-order valence-electron chi connectivity index (χ4n) is 5.19. The lowest BCUT2D eigenvalue weighted by atomic mass is 9.86. The van der Waals surface area contributed by atoms with E-state index in [1.54, 1.807) is 0 Å². The van der Waals surface area contributed by atoms with Crippen molar-refractivity contribution in [1.29, 1.82) is 0 Å². The van der Waals surface area contributed by atoms with Crippen LogP contribution in [0.25, 0.3) is 11.2 Å². The monoisotopic (exact) mass is 615 g/mol. The Morgan fingerprint density at radius 1 is 1.25 bits per heavy atom. The Kier molecular flexibility index (Phi) is 7.73. The van der Waals surface area contributed by atoms with Crippen LogP contribution in [0.4, 0.5) is 5.95 Å². The van der Waals surface area contributed by atoms with Gasteiger partial charge in [0.2, 0.25) is 5.95 Å². The van der Waals surface area contributed by atoms with Gasteiger partial charge in [-0.3, -0.25) is 23.4 Å². The summed E-state index contributed by atoms with van der Waals surface area (Å²) in [4.78, 5) is 42.2. The first-order chi connectivity index (χ1) is 18.7. The minimum Gasteiger partial charge on any atom is -0.394 e. The summed E-state index contributed by atoms with van der Waals surface area (Å²) in [6.07, 6.45) is -6.75. The number of nitrogens with one attached hydrogen (secondary N) is 1. The van der Waals surface area contributed by atoms with Crippen LogP contribution in [-0.2, 0) is 32.0 Å². The summed E-state index contributed by atoms with van der Waals surface area (Å²) in [6, 6.07) is 0. The molecule has 2 aromatic heterocycles. The molecule has 1 saturated carbocycles. The minimum absolute atomic E-state index is 0.0260. The van der Waals surface area contributed by atoms with Crippen LogP contribution in [0.15, 0.2) is 11.1 Å². The van der Waals surface area contributed by atoms with Crippen LogP contribution in [0.1, 0.15) is 19.1 Å². The molecule has 4 heterocycles. The number of aliphatic hydroxyl groups excluding tert-OH is 4. The molecule has 0 aromatic carbocycles. The molecule has 2 saturated heterocycles. The number of aliphatic hydroxyl groups is 5. The zero-order valence-corrected chi connectivity index (χ0v) is 22.0. The maximum atomic E-state index is 12.4. The van der Waals surface area contributed by atoms with Gasteiger partial charge in [0, 0.05) is 0 Å². The van der Waals surface area contributed by atoms with Gasteiger partial charge in [-0.25, -0.2) is 14.1 Å². The molecule has 40 heavy (non-hydrogen) atoms. The number of hydrogen-bond acceptors (Lipinski definition) is 16. The highest BCUT2D eigenvalue weighted by Crippen LogP contribution is 2.64. The highest BCUT2D eigenvalue weighted by atomic mass is 31.3. The molecule has 8 unspecified atom stereocenters. The van der Waals surface area contributed by atoms with Gasteiger partial charge in [-0.2, -0.15) is 9.29 Å². The van der Waals surface area contributed by atoms with Gasteiger partial charge < -0.3 is 50.5 Å². The van der Waals surface area contributed by atoms with Crippen LogP contribution in [0.5, 0.6) is 0 Å². The third-order valence-corrected chi connectivity index (χ3v) is 9.55. The maximum Gasteiger partial charge on any atom is 0.483 e. The van der Waals surface area contributed by atoms with E-state index < -0.39 is 89.0 Å². The fraction of sp³-hybridized carbons (Fsp3) is 0.722. The van der Waals surface area contributed by atoms with E-state index in [1.165, 1.54) is 10.9 Å². The van der Waals surface area contributed by atoms with Crippen LogP contribution >= 0.6 is 15.6 Å². The van der Waals surface area contributed by atoms with E-state index in [-0.39, 0.29) is 17.1 Å². The van der Waals surface area contributed by atoms with E-state index in [0.29, 0.717) is 12.8 Å². The average molecular weight is 615 g/mol. The number of nitrogens with two attached hydrogens (primary N) is 1. The number of imidazole rings is 1. The largest absolute Gasteiger partial charge is 0.483 e. The molecular weight excluding hydrogens is 588 g/mol. The summed E-state index contributed by atoms with van der Waals surface area (Å²) < 4.78 is 50.6. The highest BCUT2D eigenvalue weighted by molar-refractivity contribution is 7.61. The number of phosphoric ester groups is 2. The van der Waals surface area contributed by atoms with E-state index >= 15 is 0 Å². The molecule has 3 aliphatic rings. The number of hydrogen-bond donors (Lipinski definition) is 9. The second-order valence-corrected chi connectivity index (χ2v) is 12.5. The first kappa shape index (κ1) is 29.6. The van der Waals surface area contributed by atoms with E-state index in [2.05, 4.69) is 23.8 Å². The molecule has 3 fully saturated rings. The van der Waals surface area contributed by atoms with Gasteiger partial charge in [-0.05, 0) is 12.8 Å². The molecule has 0 amide bonds. The number of H-pyrrole nitrogens is 1. The van der Waals surface area contributed by atoms with Crippen molar-refractivity contribution in [3.8, 4) is 0 Å². The van der Waals surface area contributed by atoms with Crippen molar-refractivity contribution in [2.45, 2.75) is 55.6 Å². The number of aromatic amines is 1. The molecular formula is C18H27N5O15P2. The van der Waals surface area contributed by atoms with Crippen molar-refractivity contribution in [3.63, 3.8) is 0 Å². The van der Waals surface area contributed by atoms with Gasteiger partial charge in [-0.1, -0.05) is 0 Å². The number of phosphoric acid groups is 2. The van der Waals surface area contributed by atoms with Gasteiger partial charge in [0.1, 0.15) is 6.23 Å². The lowest BCUT2D eigenvalue weighted by Gasteiger charge is -2.49. The number of aromatic nitrogens is 4. The van der Waals surface area contributed by atoms with E-state index in [4.69, 9.17) is 24.8 Å². The Morgan fingerprint density at radius 3 is 2.67 bits per heavy atom. The first-order valence-electron chi connectivity index (χ1n) is 11.8. The van der Waals surface area contributed by atoms with Gasteiger partial charge in [0.15, 0.2) is 23.2 Å². The Labute approximate surface area is 223 Å². The Balaban J connectivity index is 1.16. The van der Waals surface area contributed by atoms with E-state index in [9.17, 15) is 44.1 Å². The standard InChI is InChI=1S/C18H27N5O15P2/c19-17-21-14-11(15(28)22-17)20-5-23(14)8-2-1-6(35-8)4-34-39(30,31)38-40(32,33)37-16-10-13(27)12(26)9(7(25)3-24)18(10,29)36-16/h5-10,12-13,16,24-27,29H,1-4H2,(H,30,31)(H,32,33)(H3,19,21,22,28)/t6-,7-,8+,9?,10?,12?,13?,16?,18?/m0/s1. The normalized spacial score (nSPS) is 37.5. The maximum absolute atomic E-state index is 12.4. The highest BCUT2D eigenvalue weighted by Gasteiger charge is 2.73. The summed E-state index contributed by atoms with van der Waals surface area (Å²) in [5.74, 6) is -5.74. The first-order valence-corrected chi connectivity index (χ1v) is 14.8. The Hall–Kier alpha value is -1.87. The molecule has 1 aliphatic carbocycles. The van der Waals surface area contributed by atoms with Crippen LogP contribution in [-0.4, -0.2) is 105 Å². The number of nitrogens with zero attached hydrogens (tertiary/aromatic N) is 3. The molecule has 20 nitrogen and oxygen atoms in total. The van der Waals surface area contributed by atoms with Crippen molar-refractivity contribution in [3.05, 3.63) is 16.7 Å². The van der Waals surface area contributed by atoms with E-state index in [1.807, 2.05) is 0 Å². The topological polar surface area (TPSA) is 311 Å². The molecule has 2 aliphatic heterocycles. The zero-order valence-electron chi connectivity index (χ0n) is 20.2.